The number of carbonyl (C=O) groups is 1. The first kappa shape index (κ1) is 20.7. The molecule has 0 aromatic carbocycles. The van der Waals surface area contributed by atoms with Crippen molar-refractivity contribution in [2.75, 3.05) is 0 Å². The van der Waals surface area contributed by atoms with E-state index in [9.17, 15) is 4.79 Å². The highest BCUT2D eigenvalue weighted by Gasteiger charge is 2.59. The van der Waals surface area contributed by atoms with Crippen molar-refractivity contribution in [1.82, 2.24) is 0 Å². The fourth-order valence-corrected chi connectivity index (χ4v) is 8.44. The van der Waals surface area contributed by atoms with Gasteiger partial charge >= 0.3 is 0 Å². The van der Waals surface area contributed by atoms with Gasteiger partial charge in [-0.1, -0.05) is 72.3 Å². The molecule has 0 bridgehead atoms. The Kier molecular flexibility index (Phi) is 5.60. The molecule has 4 aliphatic rings. The van der Waals surface area contributed by atoms with Crippen molar-refractivity contribution in [3.8, 4) is 0 Å². The van der Waals surface area contributed by atoms with Gasteiger partial charge in [-0.25, -0.2) is 0 Å². The molecule has 0 aliphatic heterocycles. The lowest BCUT2D eigenvalue weighted by Crippen LogP contribution is -2.51. The summed E-state index contributed by atoms with van der Waals surface area (Å²) in [5.41, 5.74) is 2.32. The van der Waals surface area contributed by atoms with Crippen LogP contribution < -0.4 is 0 Å². The van der Waals surface area contributed by atoms with E-state index in [4.69, 9.17) is 0 Å². The van der Waals surface area contributed by atoms with Crippen molar-refractivity contribution < 1.29 is 4.79 Å². The first-order chi connectivity index (χ1) is 13.3. The topological polar surface area (TPSA) is 17.1 Å². The van der Waals surface area contributed by atoms with Gasteiger partial charge in [0.1, 0.15) is 0 Å². The zero-order chi connectivity index (χ0) is 20.1. The van der Waals surface area contributed by atoms with Crippen LogP contribution in [-0.2, 0) is 4.79 Å². The third-order valence-corrected chi connectivity index (χ3v) is 10.0. The van der Waals surface area contributed by atoms with E-state index in [1.165, 1.54) is 64.2 Å². The minimum Gasteiger partial charge on any atom is -0.295 e. The van der Waals surface area contributed by atoms with Gasteiger partial charge in [-0.3, -0.25) is 4.79 Å². The van der Waals surface area contributed by atoms with Crippen LogP contribution in [0, 0.1) is 46.3 Å². The third kappa shape index (κ3) is 3.24. The van der Waals surface area contributed by atoms with Gasteiger partial charge in [0.15, 0.2) is 5.78 Å². The zero-order valence-electron chi connectivity index (χ0n) is 19.2. The lowest BCUT2D eigenvalue weighted by molar-refractivity contribution is -0.128. The summed E-state index contributed by atoms with van der Waals surface area (Å²) in [6, 6.07) is 0. The second kappa shape index (κ2) is 7.59. The van der Waals surface area contributed by atoms with E-state index in [-0.39, 0.29) is 5.41 Å². The van der Waals surface area contributed by atoms with Crippen LogP contribution in [0.15, 0.2) is 11.6 Å². The van der Waals surface area contributed by atoms with Gasteiger partial charge in [-0.2, -0.15) is 0 Å². The van der Waals surface area contributed by atoms with Crippen LogP contribution in [0.1, 0.15) is 105 Å². The first-order valence-electron chi connectivity index (χ1n) is 12.5. The predicted octanol–water partition coefficient (Wildman–Crippen LogP) is 7.60. The van der Waals surface area contributed by atoms with Crippen molar-refractivity contribution in [1.29, 1.82) is 0 Å². The number of allylic oxidation sites excluding steroid dienone is 2. The van der Waals surface area contributed by atoms with E-state index in [2.05, 4.69) is 40.7 Å². The minimum absolute atomic E-state index is 0.266. The molecule has 7 atom stereocenters. The highest BCUT2D eigenvalue weighted by Crippen LogP contribution is 2.66. The molecule has 0 amide bonds. The fraction of sp³-hybridized carbons (Fsp3) is 0.889. The molecule has 1 heteroatoms. The molecular formula is C27H44O. The first-order valence-corrected chi connectivity index (χ1v) is 12.5. The van der Waals surface area contributed by atoms with Gasteiger partial charge < -0.3 is 0 Å². The number of carbonyl (C=O) groups excluding carboxylic acids is 1. The summed E-state index contributed by atoms with van der Waals surface area (Å²) in [7, 11) is 0. The Bertz CT molecular complexity index is 630. The summed E-state index contributed by atoms with van der Waals surface area (Å²) in [6.45, 7) is 12.3. The molecule has 0 unspecified atom stereocenters. The van der Waals surface area contributed by atoms with Crippen LogP contribution in [0.25, 0.3) is 0 Å². The Balaban J connectivity index is 1.55. The van der Waals surface area contributed by atoms with E-state index in [0.29, 0.717) is 29.0 Å². The standard InChI is InChI=1S/C27H44O/c1-18(2)9-8-10-19(3)21-12-13-22-20-17-25(28)24-11-6-7-15-26(24,4)23(20)14-16-27(21,22)5/h17-19,21-24H,6-16H2,1-5H3/t19-,21-,22+,23+,24-,26-,27-/m1/s1. The summed E-state index contributed by atoms with van der Waals surface area (Å²) in [5, 5.41) is 0. The van der Waals surface area contributed by atoms with Crippen LogP contribution >= 0.6 is 0 Å². The smallest absolute Gasteiger partial charge is 0.159 e. The average molecular weight is 385 g/mol. The quantitative estimate of drug-likeness (QED) is 0.477. The SMILES string of the molecule is CC(C)CCC[C@@H](C)[C@H]1CC[C@H]2C3=CC(=O)[C@H]4CCCC[C@]4(C)[C@H]3CC[C@]12C. The maximum absolute atomic E-state index is 13.1. The number of hydrogen-bond donors (Lipinski definition) is 0. The van der Waals surface area contributed by atoms with Crippen molar-refractivity contribution in [2.24, 2.45) is 46.3 Å². The van der Waals surface area contributed by atoms with Gasteiger partial charge in [0.05, 0.1) is 0 Å². The molecule has 0 heterocycles. The summed E-state index contributed by atoms with van der Waals surface area (Å²) >= 11 is 0. The van der Waals surface area contributed by atoms with Crippen LogP contribution in [0.3, 0.4) is 0 Å². The second-order valence-corrected chi connectivity index (χ2v) is 12.0. The van der Waals surface area contributed by atoms with E-state index in [1.807, 2.05) is 0 Å². The second-order valence-electron chi connectivity index (χ2n) is 12.0. The molecule has 0 N–H and O–H groups in total. The normalized spacial score (nSPS) is 43.9. The van der Waals surface area contributed by atoms with E-state index >= 15 is 0 Å². The molecule has 158 valence electrons. The van der Waals surface area contributed by atoms with Crippen molar-refractivity contribution in [2.45, 2.75) is 105 Å². The van der Waals surface area contributed by atoms with Crippen LogP contribution in [-0.4, -0.2) is 5.78 Å². The largest absolute Gasteiger partial charge is 0.295 e. The molecule has 0 radical (unpaired) electrons. The molecule has 4 rings (SSSR count). The maximum atomic E-state index is 13.1. The van der Waals surface area contributed by atoms with Gasteiger partial charge in [0.25, 0.3) is 0 Å². The summed E-state index contributed by atoms with van der Waals surface area (Å²) in [5.74, 6) is 4.73. The van der Waals surface area contributed by atoms with E-state index in [0.717, 1.165) is 24.2 Å². The Hall–Kier alpha value is -0.590. The van der Waals surface area contributed by atoms with Crippen molar-refractivity contribution >= 4 is 5.78 Å². The molecule has 0 aromatic rings. The van der Waals surface area contributed by atoms with Crippen molar-refractivity contribution in [3.63, 3.8) is 0 Å². The number of rotatable bonds is 5. The Morgan fingerprint density at radius 3 is 2.39 bits per heavy atom. The molecule has 0 aromatic heterocycles. The molecule has 3 saturated carbocycles. The van der Waals surface area contributed by atoms with Crippen LogP contribution in [0.4, 0.5) is 0 Å². The fourth-order valence-electron chi connectivity index (χ4n) is 8.44. The predicted molar refractivity (Wildman–Crippen MR) is 118 cm³/mol. The molecule has 3 fully saturated rings. The Morgan fingerprint density at radius 2 is 1.64 bits per heavy atom. The molecule has 28 heavy (non-hydrogen) atoms. The van der Waals surface area contributed by atoms with E-state index < -0.39 is 0 Å². The van der Waals surface area contributed by atoms with Crippen LogP contribution in [0.2, 0.25) is 0 Å². The molecule has 1 nitrogen and oxygen atoms in total. The average Bonchev–Trinajstić information content (AvgIpc) is 2.99. The van der Waals surface area contributed by atoms with E-state index in [1.54, 1.807) is 5.57 Å². The number of ketones is 1. The number of fused-ring (bicyclic) bond motifs is 5. The van der Waals surface area contributed by atoms with Gasteiger partial charge in [-0.05, 0) is 85.0 Å². The summed E-state index contributed by atoms with van der Waals surface area (Å²) < 4.78 is 0. The lowest BCUT2D eigenvalue weighted by atomic mass is 9.47. The monoisotopic (exact) mass is 384 g/mol. The van der Waals surface area contributed by atoms with Gasteiger partial charge in [-0.15, -0.1) is 0 Å². The van der Waals surface area contributed by atoms with Gasteiger partial charge in [0, 0.05) is 5.92 Å². The zero-order valence-corrected chi connectivity index (χ0v) is 19.2. The highest BCUT2D eigenvalue weighted by molar-refractivity contribution is 5.94. The molecular weight excluding hydrogens is 340 g/mol. The molecule has 4 aliphatic carbocycles. The Morgan fingerprint density at radius 1 is 0.893 bits per heavy atom. The lowest BCUT2D eigenvalue weighted by Gasteiger charge is -2.56. The summed E-state index contributed by atoms with van der Waals surface area (Å²) in [6.07, 6.45) is 16.8. The van der Waals surface area contributed by atoms with Crippen molar-refractivity contribution in [3.05, 3.63) is 11.6 Å². The highest BCUT2D eigenvalue weighted by atomic mass is 16.1. The number of hydrogen-bond acceptors (Lipinski definition) is 1. The maximum Gasteiger partial charge on any atom is 0.159 e. The Labute approximate surface area is 174 Å². The third-order valence-electron chi connectivity index (χ3n) is 10.0. The van der Waals surface area contributed by atoms with Crippen LogP contribution in [0.5, 0.6) is 0 Å². The summed E-state index contributed by atoms with van der Waals surface area (Å²) in [4.78, 5) is 13.1. The minimum atomic E-state index is 0.266. The molecule has 0 saturated heterocycles. The van der Waals surface area contributed by atoms with Gasteiger partial charge in [0.2, 0.25) is 0 Å². The molecule has 0 spiro atoms.